The van der Waals surface area contributed by atoms with Crippen LogP contribution in [0.25, 0.3) is 0 Å². The van der Waals surface area contributed by atoms with Gasteiger partial charge < -0.3 is 0 Å². The van der Waals surface area contributed by atoms with Crippen molar-refractivity contribution in [3.8, 4) is 11.8 Å². The highest BCUT2D eigenvalue weighted by Crippen LogP contribution is 2.06. The molecule has 2 aliphatic rings. The van der Waals surface area contributed by atoms with E-state index in [1.54, 1.807) is 0 Å². The molecule has 0 aliphatic carbocycles. The quantitative estimate of drug-likeness (QED) is 0.707. The molecule has 2 saturated heterocycles. The normalized spacial score (nSPS) is 22.1. The molecule has 2 nitrogen and oxygen atoms in total. The van der Waals surface area contributed by atoms with Crippen LogP contribution in [-0.4, -0.2) is 49.1 Å². The van der Waals surface area contributed by atoms with E-state index in [1.165, 1.54) is 51.9 Å². The van der Waals surface area contributed by atoms with E-state index < -0.39 is 0 Å². The van der Waals surface area contributed by atoms with Gasteiger partial charge >= 0.3 is 0 Å². The average molecular weight is 273 g/mol. The van der Waals surface area contributed by atoms with E-state index in [-0.39, 0.29) is 17.0 Å². The van der Waals surface area contributed by atoms with Gasteiger partial charge in [-0.1, -0.05) is 11.8 Å². The van der Waals surface area contributed by atoms with E-state index in [0.29, 0.717) is 0 Å². The zero-order valence-electron chi connectivity index (χ0n) is 9.37. The molecule has 15 heavy (non-hydrogen) atoms. The summed E-state index contributed by atoms with van der Waals surface area (Å²) in [6.07, 6.45) is 5.48. The van der Waals surface area contributed by atoms with E-state index in [2.05, 4.69) is 21.6 Å². The molecule has 0 bridgehead atoms. The van der Waals surface area contributed by atoms with Crippen LogP contribution in [0, 0.1) is 11.8 Å². The molecular weight excluding hydrogens is 252 g/mol. The van der Waals surface area contributed by atoms with Crippen molar-refractivity contribution in [1.82, 2.24) is 9.80 Å². The van der Waals surface area contributed by atoms with Gasteiger partial charge in [-0.2, -0.15) is 0 Å². The maximum absolute atomic E-state index is 3.29. The van der Waals surface area contributed by atoms with Crippen molar-refractivity contribution in [2.45, 2.75) is 25.7 Å². The van der Waals surface area contributed by atoms with E-state index in [0.717, 1.165) is 13.1 Å². The number of hydrogen-bond acceptors (Lipinski definition) is 2. The third-order valence-electron chi connectivity index (χ3n) is 3.13. The van der Waals surface area contributed by atoms with Crippen LogP contribution in [0.4, 0.5) is 0 Å². The molecule has 2 heterocycles. The third-order valence-corrected chi connectivity index (χ3v) is 3.13. The van der Waals surface area contributed by atoms with Crippen molar-refractivity contribution < 1.29 is 0 Å². The van der Waals surface area contributed by atoms with Crippen molar-refractivity contribution in [2.75, 3.05) is 39.3 Å². The summed E-state index contributed by atoms with van der Waals surface area (Å²) in [5.41, 5.74) is 0. The lowest BCUT2D eigenvalue weighted by atomic mass is 10.4. The maximum Gasteiger partial charge on any atom is 0.0602 e. The van der Waals surface area contributed by atoms with Crippen LogP contribution in [0.5, 0.6) is 0 Å². The van der Waals surface area contributed by atoms with Gasteiger partial charge in [-0.05, 0) is 51.9 Å². The second-order valence-corrected chi connectivity index (χ2v) is 4.32. The van der Waals surface area contributed by atoms with Gasteiger partial charge in [0.1, 0.15) is 0 Å². The molecule has 2 fully saturated rings. The highest BCUT2D eigenvalue weighted by molar-refractivity contribution is 8.93. The monoisotopic (exact) mass is 272 g/mol. The molecule has 0 aromatic carbocycles. The smallest absolute Gasteiger partial charge is 0.0602 e. The van der Waals surface area contributed by atoms with Crippen molar-refractivity contribution in [1.29, 1.82) is 0 Å². The van der Waals surface area contributed by atoms with Crippen molar-refractivity contribution in [3.63, 3.8) is 0 Å². The molecule has 2 aliphatic heterocycles. The summed E-state index contributed by atoms with van der Waals surface area (Å²) in [5.74, 6) is 6.58. The molecule has 2 rings (SSSR count). The topological polar surface area (TPSA) is 6.48 Å². The summed E-state index contributed by atoms with van der Waals surface area (Å²) in [6.45, 7) is 7.04. The van der Waals surface area contributed by atoms with Gasteiger partial charge in [-0.25, -0.2) is 0 Å². The Balaban J connectivity index is 0.00000112. The van der Waals surface area contributed by atoms with Gasteiger partial charge in [-0.3, -0.25) is 9.80 Å². The number of hydrogen-bond donors (Lipinski definition) is 0. The van der Waals surface area contributed by atoms with E-state index in [4.69, 9.17) is 0 Å². The Morgan fingerprint density at radius 3 is 1.33 bits per heavy atom. The summed E-state index contributed by atoms with van der Waals surface area (Å²) in [5, 5.41) is 0. The van der Waals surface area contributed by atoms with Crippen LogP contribution in [0.15, 0.2) is 0 Å². The minimum atomic E-state index is 0. The van der Waals surface area contributed by atoms with E-state index in [1.807, 2.05) is 0 Å². The first-order chi connectivity index (χ1) is 6.95. The largest absolute Gasteiger partial charge is 0.292 e. The second-order valence-electron chi connectivity index (χ2n) is 4.32. The summed E-state index contributed by atoms with van der Waals surface area (Å²) >= 11 is 0. The first-order valence-electron chi connectivity index (χ1n) is 5.85. The zero-order valence-corrected chi connectivity index (χ0v) is 11.1. The van der Waals surface area contributed by atoms with Crippen LogP contribution in [0.2, 0.25) is 0 Å². The molecule has 0 spiro atoms. The Morgan fingerprint density at radius 2 is 1.00 bits per heavy atom. The lowest BCUT2D eigenvalue weighted by Gasteiger charge is -2.10. The van der Waals surface area contributed by atoms with Crippen LogP contribution in [-0.2, 0) is 0 Å². The minimum Gasteiger partial charge on any atom is -0.292 e. The van der Waals surface area contributed by atoms with Gasteiger partial charge in [0, 0.05) is 0 Å². The minimum absolute atomic E-state index is 0. The summed E-state index contributed by atoms with van der Waals surface area (Å²) in [4.78, 5) is 4.91. The van der Waals surface area contributed by atoms with Gasteiger partial charge in [-0.15, -0.1) is 17.0 Å². The fourth-order valence-corrected chi connectivity index (χ4v) is 2.22. The number of likely N-dealkylation sites (tertiary alicyclic amines) is 2. The highest BCUT2D eigenvalue weighted by Gasteiger charge is 2.10. The Hall–Kier alpha value is -0.0400. The third kappa shape index (κ3) is 4.55. The van der Waals surface area contributed by atoms with Gasteiger partial charge in [0.05, 0.1) is 13.1 Å². The van der Waals surface area contributed by atoms with Crippen LogP contribution < -0.4 is 0 Å². The standard InChI is InChI=1S/C12H20N2.BrH/c1-2-8-13(7-1)11-5-6-12-14-9-3-4-10-14;/h1-4,7-12H2;1H. The Kier molecular flexibility index (Phi) is 6.31. The summed E-state index contributed by atoms with van der Waals surface area (Å²) < 4.78 is 0. The SMILES string of the molecule is Br.C(#CCN1CCCC1)CN1CCCC1. The summed E-state index contributed by atoms with van der Waals surface area (Å²) in [7, 11) is 0. The molecule has 86 valence electrons. The molecule has 0 atom stereocenters. The maximum atomic E-state index is 3.29. The zero-order chi connectivity index (χ0) is 9.64. The molecule has 0 amide bonds. The number of halogens is 1. The van der Waals surface area contributed by atoms with Crippen LogP contribution in [0.3, 0.4) is 0 Å². The number of nitrogens with zero attached hydrogens (tertiary/aromatic N) is 2. The molecule has 3 heteroatoms. The van der Waals surface area contributed by atoms with Crippen molar-refractivity contribution >= 4 is 17.0 Å². The highest BCUT2D eigenvalue weighted by atomic mass is 79.9. The predicted molar refractivity (Wildman–Crippen MR) is 69.4 cm³/mol. The van der Waals surface area contributed by atoms with Gasteiger partial charge in [0.25, 0.3) is 0 Å². The fraction of sp³-hybridized carbons (Fsp3) is 0.833. The Bertz CT molecular complexity index is 198. The number of rotatable bonds is 2. The van der Waals surface area contributed by atoms with Gasteiger partial charge in [0.15, 0.2) is 0 Å². The Morgan fingerprint density at radius 1 is 0.667 bits per heavy atom. The average Bonchev–Trinajstić information content (AvgIpc) is 2.86. The first kappa shape index (κ1) is 13.0. The Labute approximate surface area is 104 Å². The van der Waals surface area contributed by atoms with Crippen LogP contribution in [0.1, 0.15) is 25.7 Å². The fourth-order valence-electron chi connectivity index (χ4n) is 2.22. The lowest BCUT2D eigenvalue weighted by Crippen LogP contribution is -2.21. The van der Waals surface area contributed by atoms with E-state index >= 15 is 0 Å². The first-order valence-corrected chi connectivity index (χ1v) is 5.85. The molecule has 0 radical (unpaired) electrons. The van der Waals surface area contributed by atoms with Gasteiger partial charge in [0.2, 0.25) is 0 Å². The summed E-state index contributed by atoms with van der Waals surface area (Å²) in [6, 6.07) is 0. The molecule has 0 unspecified atom stereocenters. The molecule has 0 N–H and O–H groups in total. The lowest BCUT2D eigenvalue weighted by molar-refractivity contribution is 0.377. The second kappa shape index (κ2) is 7.27. The van der Waals surface area contributed by atoms with E-state index in [9.17, 15) is 0 Å². The van der Waals surface area contributed by atoms with Crippen molar-refractivity contribution in [3.05, 3.63) is 0 Å². The predicted octanol–water partition coefficient (Wildman–Crippen LogP) is 1.76. The molecule has 0 aromatic heterocycles. The van der Waals surface area contributed by atoms with Crippen LogP contribution >= 0.6 is 17.0 Å². The molecular formula is C12H21BrN2. The molecule has 0 saturated carbocycles. The molecule has 0 aromatic rings. The van der Waals surface area contributed by atoms with Crippen molar-refractivity contribution in [2.24, 2.45) is 0 Å².